The first kappa shape index (κ1) is 17.3. The Hall–Kier alpha value is -2.04. The van der Waals surface area contributed by atoms with Gasteiger partial charge in [0, 0.05) is 11.3 Å². The zero-order valence-corrected chi connectivity index (χ0v) is 14.3. The molecule has 0 saturated heterocycles. The summed E-state index contributed by atoms with van der Waals surface area (Å²) in [4.78, 5) is 12.3. The molecule has 0 radical (unpaired) electrons. The monoisotopic (exact) mass is 333 g/mol. The summed E-state index contributed by atoms with van der Waals surface area (Å²) in [6.45, 7) is 3.98. The number of halogens is 1. The Morgan fingerprint density at radius 3 is 2.48 bits per heavy atom. The number of carbonyl (C=O) groups excluding carboxylic acids is 1. The third kappa shape index (κ3) is 4.71. The van der Waals surface area contributed by atoms with Gasteiger partial charge >= 0.3 is 0 Å². The summed E-state index contributed by atoms with van der Waals surface area (Å²) in [7, 11) is 1.56. The Morgan fingerprint density at radius 1 is 1.17 bits per heavy atom. The van der Waals surface area contributed by atoms with E-state index < -0.39 is 0 Å². The summed E-state index contributed by atoms with van der Waals surface area (Å²) in [5.41, 5.74) is 1.85. The molecule has 0 bridgehead atoms. The van der Waals surface area contributed by atoms with Gasteiger partial charge in [-0.25, -0.2) is 0 Å². The van der Waals surface area contributed by atoms with Crippen molar-refractivity contribution in [3.8, 4) is 5.75 Å². The second-order valence-corrected chi connectivity index (χ2v) is 5.93. The average molecular weight is 334 g/mol. The molecule has 0 heterocycles. The van der Waals surface area contributed by atoms with E-state index in [1.165, 1.54) is 5.56 Å². The summed E-state index contributed by atoms with van der Waals surface area (Å²) in [5, 5.41) is 5.39. The minimum Gasteiger partial charge on any atom is -0.495 e. The predicted molar refractivity (Wildman–Crippen MR) is 92.9 cm³/mol. The van der Waals surface area contributed by atoms with Gasteiger partial charge in [0.25, 0.3) is 5.91 Å². The minimum absolute atomic E-state index is 0.0611. The highest BCUT2D eigenvalue weighted by Gasteiger charge is 2.20. The zero-order chi connectivity index (χ0) is 16.8. The molecule has 0 aromatic heterocycles. The number of anilines is 1. The molecule has 23 heavy (non-hydrogen) atoms. The van der Waals surface area contributed by atoms with E-state index in [4.69, 9.17) is 16.3 Å². The van der Waals surface area contributed by atoms with Crippen LogP contribution in [0.15, 0.2) is 48.5 Å². The van der Waals surface area contributed by atoms with Crippen LogP contribution >= 0.6 is 11.6 Å². The van der Waals surface area contributed by atoms with E-state index in [1.54, 1.807) is 25.3 Å². The number of nitrogens with one attached hydrogen (secondary N) is 1. The zero-order valence-electron chi connectivity index (χ0n) is 13.5. The van der Waals surface area contributed by atoms with Gasteiger partial charge in [0.1, 0.15) is 11.8 Å². The first-order valence-corrected chi connectivity index (χ1v) is 7.93. The molecule has 0 spiro atoms. The van der Waals surface area contributed by atoms with Crippen LogP contribution in [-0.2, 0) is 4.79 Å². The number of quaternary nitrogens is 1. The molecule has 0 fully saturated rings. The largest absolute Gasteiger partial charge is 0.495 e. The third-order valence-corrected chi connectivity index (χ3v) is 4.03. The van der Waals surface area contributed by atoms with Gasteiger partial charge in [0.15, 0.2) is 6.04 Å². The standard InChI is InChI=1S/C18H21ClN2O2/c1-12(14-7-5-4-6-8-14)20-13(2)18(22)21-15-9-10-17(23-3)16(19)11-15/h4-13,20H,1-3H3,(H,21,22)/p+1/t12-,13+/m0/s1. The number of methoxy groups -OCH3 is 1. The molecule has 5 heteroatoms. The molecule has 4 nitrogen and oxygen atoms in total. The van der Waals surface area contributed by atoms with Gasteiger partial charge in [-0.05, 0) is 32.0 Å². The topological polar surface area (TPSA) is 54.9 Å². The predicted octanol–water partition coefficient (Wildman–Crippen LogP) is 3.00. The van der Waals surface area contributed by atoms with E-state index in [0.29, 0.717) is 16.5 Å². The van der Waals surface area contributed by atoms with Crippen LogP contribution in [0.2, 0.25) is 5.02 Å². The quantitative estimate of drug-likeness (QED) is 0.853. The van der Waals surface area contributed by atoms with Crippen molar-refractivity contribution in [3.63, 3.8) is 0 Å². The molecule has 0 aliphatic rings. The molecule has 2 aromatic carbocycles. The Morgan fingerprint density at radius 2 is 1.87 bits per heavy atom. The molecule has 0 aliphatic carbocycles. The highest BCUT2D eigenvalue weighted by Crippen LogP contribution is 2.27. The molecule has 122 valence electrons. The molecule has 2 rings (SSSR count). The molecule has 0 aliphatic heterocycles. The van der Waals surface area contributed by atoms with Crippen LogP contribution in [0, 0.1) is 0 Å². The van der Waals surface area contributed by atoms with Crippen molar-refractivity contribution in [2.24, 2.45) is 0 Å². The SMILES string of the molecule is COc1ccc(NC(=O)[C@@H](C)[NH2+][C@@H](C)c2ccccc2)cc1Cl. The van der Waals surface area contributed by atoms with Gasteiger partial charge in [-0.3, -0.25) is 4.79 Å². The first-order chi connectivity index (χ1) is 11.0. The van der Waals surface area contributed by atoms with Crippen molar-refractivity contribution in [1.29, 1.82) is 0 Å². The average Bonchev–Trinajstić information content (AvgIpc) is 2.55. The number of hydrogen-bond donors (Lipinski definition) is 2. The van der Waals surface area contributed by atoms with Crippen molar-refractivity contribution in [2.45, 2.75) is 25.9 Å². The van der Waals surface area contributed by atoms with Crippen molar-refractivity contribution in [3.05, 3.63) is 59.1 Å². The van der Waals surface area contributed by atoms with E-state index in [0.717, 1.165) is 0 Å². The summed E-state index contributed by atoms with van der Waals surface area (Å²) >= 11 is 6.07. The van der Waals surface area contributed by atoms with Crippen molar-refractivity contribution in [1.82, 2.24) is 0 Å². The van der Waals surface area contributed by atoms with Gasteiger partial charge in [-0.15, -0.1) is 0 Å². The lowest BCUT2D eigenvalue weighted by Gasteiger charge is -2.17. The van der Waals surface area contributed by atoms with E-state index in [1.807, 2.05) is 30.4 Å². The Bertz CT molecular complexity index is 661. The highest BCUT2D eigenvalue weighted by atomic mass is 35.5. The molecular formula is C18H22ClN2O2+. The Labute approximate surface area is 141 Å². The van der Waals surface area contributed by atoms with E-state index in [-0.39, 0.29) is 18.0 Å². The number of carbonyl (C=O) groups is 1. The lowest BCUT2D eigenvalue weighted by atomic mass is 10.1. The van der Waals surface area contributed by atoms with E-state index in [9.17, 15) is 4.79 Å². The fourth-order valence-corrected chi connectivity index (χ4v) is 2.65. The van der Waals surface area contributed by atoms with Gasteiger partial charge in [-0.1, -0.05) is 41.9 Å². The third-order valence-electron chi connectivity index (χ3n) is 3.74. The fourth-order valence-electron chi connectivity index (χ4n) is 2.39. The first-order valence-electron chi connectivity index (χ1n) is 7.55. The molecule has 0 unspecified atom stereocenters. The van der Waals surface area contributed by atoms with Gasteiger partial charge in [0.2, 0.25) is 0 Å². The lowest BCUT2D eigenvalue weighted by molar-refractivity contribution is -0.709. The van der Waals surface area contributed by atoms with Crippen LogP contribution in [0.5, 0.6) is 5.75 Å². The maximum atomic E-state index is 12.3. The second kappa shape index (κ2) is 7.99. The second-order valence-electron chi connectivity index (χ2n) is 5.52. The number of ether oxygens (including phenoxy) is 1. The van der Waals surface area contributed by atoms with Crippen LogP contribution in [0.25, 0.3) is 0 Å². The van der Waals surface area contributed by atoms with Crippen LogP contribution < -0.4 is 15.4 Å². The summed E-state index contributed by atoms with van der Waals surface area (Å²) in [6.07, 6.45) is 0. The maximum absolute atomic E-state index is 12.3. The van der Waals surface area contributed by atoms with Crippen molar-refractivity contribution < 1.29 is 14.8 Å². The Kier molecular flexibility index (Phi) is 6.02. The molecule has 2 aromatic rings. The van der Waals surface area contributed by atoms with Crippen molar-refractivity contribution >= 4 is 23.2 Å². The van der Waals surface area contributed by atoms with E-state index in [2.05, 4.69) is 24.4 Å². The summed E-state index contributed by atoms with van der Waals surface area (Å²) in [6, 6.07) is 15.3. The number of nitrogens with two attached hydrogens (primary N) is 1. The maximum Gasteiger partial charge on any atom is 0.282 e. The summed E-state index contributed by atoms with van der Waals surface area (Å²) < 4.78 is 5.10. The van der Waals surface area contributed by atoms with Crippen LogP contribution in [0.4, 0.5) is 5.69 Å². The van der Waals surface area contributed by atoms with Crippen LogP contribution in [0.1, 0.15) is 25.5 Å². The number of amides is 1. The lowest BCUT2D eigenvalue weighted by Crippen LogP contribution is -2.91. The molecule has 2 atom stereocenters. The Balaban J connectivity index is 1.96. The number of benzene rings is 2. The molecule has 0 saturated carbocycles. The number of rotatable bonds is 6. The molecule has 1 amide bonds. The minimum atomic E-state index is -0.217. The van der Waals surface area contributed by atoms with Gasteiger partial charge in [0.05, 0.1) is 12.1 Å². The highest BCUT2D eigenvalue weighted by molar-refractivity contribution is 6.32. The number of hydrogen-bond acceptors (Lipinski definition) is 2. The smallest absolute Gasteiger partial charge is 0.282 e. The normalized spacial score (nSPS) is 13.2. The molecule has 3 N–H and O–H groups in total. The van der Waals surface area contributed by atoms with Crippen LogP contribution in [0.3, 0.4) is 0 Å². The van der Waals surface area contributed by atoms with E-state index >= 15 is 0 Å². The van der Waals surface area contributed by atoms with Gasteiger partial charge < -0.3 is 15.4 Å². The fraction of sp³-hybridized carbons (Fsp3) is 0.278. The molecular weight excluding hydrogens is 312 g/mol. The van der Waals surface area contributed by atoms with Gasteiger partial charge in [-0.2, -0.15) is 0 Å². The van der Waals surface area contributed by atoms with Crippen LogP contribution in [-0.4, -0.2) is 19.1 Å². The van der Waals surface area contributed by atoms with Crippen molar-refractivity contribution in [2.75, 3.05) is 12.4 Å². The summed E-state index contributed by atoms with van der Waals surface area (Å²) in [5.74, 6) is 0.524.